The summed E-state index contributed by atoms with van der Waals surface area (Å²) in [5.74, 6) is -0.105. The molecule has 2 aromatic rings. The van der Waals surface area contributed by atoms with Crippen LogP contribution in [0.5, 0.6) is 0 Å². The van der Waals surface area contributed by atoms with Gasteiger partial charge in [0.2, 0.25) is 15.9 Å². The molecule has 1 N–H and O–H groups in total. The van der Waals surface area contributed by atoms with Crippen molar-refractivity contribution in [3.05, 3.63) is 59.2 Å². The first-order chi connectivity index (χ1) is 13.7. The van der Waals surface area contributed by atoms with E-state index in [-0.39, 0.29) is 18.3 Å². The van der Waals surface area contributed by atoms with Gasteiger partial charge in [0.15, 0.2) is 0 Å². The Morgan fingerprint density at radius 1 is 1.14 bits per heavy atom. The summed E-state index contributed by atoms with van der Waals surface area (Å²) < 4.78 is 33.1. The van der Waals surface area contributed by atoms with E-state index in [0.29, 0.717) is 18.8 Å². The van der Waals surface area contributed by atoms with Crippen LogP contribution in [0, 0.1) is 6.92 Å². The normalized spacial score (nSPS) is 15.4. The Morgan fingerprint density at radius 3 is 2.48 bits per heavy atom. The molecular formula is C22H28N2O4S. The van der Waals surface area contributed by atoms with Crippen LogP contribution >= 0.6 is 0 Å². The van der Waals surface area contributed by atoms with Crippen molar-refractivity contribution in [1.29, 1.82) is 0 Å². The summed E-state index contributed by atoms with van der Waals surface area (Å²) in [5, 5.41) is 0. The van der Waals surface area contributed by atoms with Gasteiger partial charge >= 0.3 is 0 Å². The van der Waals surface area contributed by atoms with E-state index in [0.717, 1.165) is 22.4 Å². The number of carbonyl (C=O) groups is 1. The predicted octanol–water partition coefficient (Wildman–Crippen LogP) is 3.60. The molecule has 0 spiro atoms. The second-order valence-electron chi connectivity index (χ2n) is 7.82. The summed E-state index contributed by atoms with van der Waals surface area (Å²) in [6, 6.07) is 13.2. The van der Waals surface area contributed by atoms with Gasteiger partial charge in [0, 0.05) is 12.2 Å². The van der Waals surface area contributed by atoms with Gasteiger partial charge in [-0.05, 0) is 56.5 Å². The van der Waals surface area contributed by atoms with E-state index in [1.807, 2.05) is 58.0 Å². The molecule has 2 aromatic carbocycles. The number of hydrogen-bond acceptors (Lipinski definition) is 4. The number of nitrogens with zero attached hydrogens (tertiary/aromatic N) is 1. The maximum absolute atomic E-state index is 12.7. The van der Waals surface area contributed by atoms with Crippen molar-refractivity contribution in [3.63, 3.8) is 0 Å². The average molecular weight is 417 g/mol. The zero-order chi connectivity index (χ0) is 21.2. The van der Waals surface area contributed by atoms with Crippen LogP contribution in [0.15, 0.2) is 42.5 Å². The number of ether oxygens (including phenoxy) is 1. The van der Waals surface area contributed by atoms with Crippen LogP contribution in [0.1, 0.15) is 37.5 Å². The molecule has 1 heterocycles. The zero-order valence-electron chi connectivity index (χ0n) is 17.4. The number of rotatable bonds is 8. The fourth-order valence-corrected chi connectivity index (χ4v) is 4.61. The highest BCUT2D eigenvalue weighted by atomic mass is 32.2. The van der Waals surface area contributed by atoms with Crippen LogP contribution in [0.3, 0.4) is 0 Å². The van der Waals surface area contributed by atoms with E-state index in [1.54, 1.807) is 17.0 Å². The van der Waals surface area contributed by atoms with Gasteiger partial charge in [0.1, 0.15) is 0 Å². The Kier molecular flexibility index (Phi) is 6.00. The van der Waals surface area contributed by atoms with Crippen molar-refractivity contribution in [2.45, 2.75) is 39.7 Å². The molecule has 7 heteroatoms. The first-order valence-electron chi connectivity index (χ1n) is 9.75. The van der Waals surface area contributed by atoms with Crippen LogP contribution in [-0.2, 0) is 31.6 Å². The molecule has 0 aliphatic carbocycles. The Balaban J connectivity index is 1.69. The molecule has 0 bridgehead atoms. The molecule has 0 radical (unpaired) electrons. The molecular weight excluding hydrogens is 388 g/mol. The van der Waals surface area contributed by atoms with Gasteiger partial charge in [0.05, 0.1) is 30.1 Å². The number of hydrogen-bond donors (Lipinski definition) is 1. The summed E-state index contributed by atoms with van der Waals surface area (Å²) >= 11 is 0. The second kappa shape index (κ2) is 8.16. The largest absolute Gasteiger partial charge is 0.376 e. The van der Waals surface area contributed by atoms with E-state index in [4.69, 9.17) is 4.74 Å². The lowest BCUT2D eigenvalue weighted by atomic mass is 9.85. The molecule has 0 atom stereocenters. The lowest BCUT2D eigenvalue weighted by molar-refractivity contribution is -0.122. The SMILES string of the molecule is CCN1C(=O)C(C)(C)c2cc(NS(=O)(=O)CCOCc3ccccc3)cc(C)c21. The van der Waals surface area contributed by atoms with Crippen molar-refractivity contribution < 1.29 is 17.9 Å². The van der Waals surface area contributed by atoms with Crippen LogP contribution in [0.4, 0.5) is 11.4 Å². The number of fused-ring (bicyclic) bond motifs is 1. The predicted molar refractivity (Wildman–Crippen MR) is 116 cm³/mol. The molecule has 3 rings (SSSR count). The van der Waals surface area contributed by atoms with E-state index < -0.39 is 15.4 Å². The third-order valence-corrected chi connectivity index (χ3v) is 6.47. The molecule has 0 saturated carbocycles. The quantitative estimate of drug-likeness (QED) is 0.667. The first-order valence-corrected chi connectivity index (χ1v) is 11.4. The molecule has 29 heavy (non-hydrogen) atoms. The number of nitrogens with one attached hydrogen (secondary N) is 1. The average Bonchev–Trinajstić information content (AvgIpc) is 2.86. The molecule has 0 unspecified atom stereocenters. The second-order valence-corrected chi connectivity index (χ2v) is 9.66. The smallest absolute Gasteiger partial charge is 0.237 e. The standard InChI is InChI=1S/C22H28N2O4S/c1-5-24-20-16(2)13-18(14-19(20)22(3,4)21(24)25)23-29(26,27)12-11-28-15-17-9-7-6-8-10-17/h6-10,13-14,23H,5,11-12,15H2,1-4H3. The van der Waals surface area contributed by atoms with Gasteiger partial charge in [-0.3, -0.25) is 9.52 Å². The summed E-state index contributed by atoms with van der Waals surface area (Å²) in [6.07, 6.45) is 0. The third-order valence-electron chi connectivity index (χ3n) is 5.22. The molecule has 0 fully saturated rings. The number of sulfonamides is 1. The highest BCUT2D eigenvalue weighted by Crippen LogP contribution is 2.44. The minimum Gasteiger partial charge on any atom is -0.376 e. The first kappa shape index (κ1) is 21.3. The van der Waals surface area contributed by atoms with Gasteiger partial charge in [-0.2, -0.15) is 0 Å². The van der Waals surface area contributed by atoms with Gasteiger partial charge in [-0.1, -0.05) is 30.3 Å². The van der Waals surface area contributed by atoms with E-state index in [9.17, 15) is 13.2 Å². The van der Waals surface area contributed by atoms with Crippen LogP contribution in [-0.4, -0.2) is 33.2 Å². The molecule has 156 valence electrons. The number of aryl methyl sites for hydroxylation is 1. The Morgan fingerprint density at radius 2 is 1.83 bits per heavy atom. The fourth-order valence-electron chi connectivity index (χ4n) is 3.69. The van der Waals surface area contributed by atoms with Crippen LogP contribution in [0.2, 0.25) is 0 Å². The fraction of sp³-hybridized carbons (Fsp3) is 0.409. The van der Waals surface area contributed by atoms with Gasteiger partial charge in [0.25, 0.3) is 0 Å². The minimum atomic E-state index is -3.57. The molecule has 0 saturated heterocycles. The maximum atomic E-state index is 12.7. The number of benzene rings is 2. The van der Waals surface area contributed by atoms with Crippen molar-refractivity contribution >= 4 is 27.3 Å². The summed E-state index contributed by atoms with van der Waals surface area (Å²) in [5.41, 5.74) is 3.40. The topological polar surface area (TPSA) is 75.7 Å². The third kappa shape index (κ3) is 4.46. The monoisotopic (exact) mass is 416 g/mol. The Hall–Kier alpha value is -2.38. The van der Waals surface area contributed by atoms with Gasteiger partial charge < -0.3 is 9.64 Å². The van der Waals surface area contributed by atoms with Gasteiger partial charge in [-0.25, -0.2) is 8.42 Å². The van der Waals surface area contributed by atoms with Crippen LogP contribution in [0.25, 0.3) is 0 Å². The number of amides is 1. The van der Waals surface area contributed by atoms with Crippen molar-refractivity contribution in [2.75, 3.05) is 28.5 Å². The summed E-state index contributed by atoms with van der Waals surface area (Å²) in [4.78, 5) is 14.5. The van der Waals surface area contributed by atoms with E-state index in [2.05, 4.69) is 4.72 Å². The number of carbonyl (C=O) groups excluding carboxylic acids is 1. The molecule has 1 amide bonds. The Labute approximate surface area is 172 Å². The van der Waals surface area contributed by atoms with Crippen molar-refractivity contribution in [2.24, 2.45) is 0 Å². The number of anilines is 2. The summed E-state index contributed by atoms with van der Waals surface area (Å²) in [6.45, 7) is 8.64. The van der Waals surface area contributed by atoms with Crippen LogP contribution < -0.4 is 9.62 Å². The molecule has 1 aliphatic rings. The number of likely N-dealkylation sites (N-methyl/N-ethyl adjacent to an activating group) is 1. The highest BCUT2D eigenvalue weighted by Gasteiger charge is 2.44. The lowest BCUT2D eigenvalue weighted by Crippen LogP contribution is -2.36. The molecule has 0 aromatic heterocycles. The Bertz CT molecular complexity index is 1000. The zero-order valence-corrected chi connectivity index (χ0v) is 18.2. The highest BCUT2D eigenvalue weighted by molar-refractivity contribution is 7.92. The van der Waals surface area contributed by atoms with E-state index in [1.165, 1.54) is 0 Å². The summed E-state index contributed by atoms with van der Waals surface area (Å²) in [7, 11) is -3.57. The molecule has 1 aliphatic heterocycles. The van der Waals surface area contributed by atoms with E-state index >= 15 is 0 Å². The maximum Gasteiger partial charge on any atom is 0.237 e. The molecule has 6 nitrogen and oxygen atoms in total. The van der Waals surface area contributed by atoms with Crippen molar-refractivity contribution in [1.82, 2.24) is 0 Å². The lowest BCUT2D eigenvalue weighted by Gasteiger charge is -2.18. The minimum absolute atomic E-state index is 0.0346. The van der Waals surface area contributed by atoms with Crippen molar-refractivity contribution in [3.8, 4) is 0 Å². The van der Waals surface area contributed by atoms with Gasteiger partial charge in [-0.15, -0.1) is 0 Å².